The number of allylic oxidation sites excluding steroid dienone is 1. The van der Waals surface area contributed by atoms with E-state index >= 15 is 0 Å². The van der Waals surface area contributed by atoms with Gasteiger partial charge in [-0.05, 0) is 114 Å². The number of fused-ring (bicyclic) bond motifs is 1. The van der Waals surface area contributed by atoms with Gasteiger partial charge >= 0.3 is 5.97 Å². The number of aryl methyl sites for hydroxylation is 1. The van der Waals surface area contributed by atoms with Crippen LogP contribution in [0.1, 0.15) is 110 Å². The Balaban J connectivity index is 0.000000932. The van der Waals surface area contributed by atoms with Crippen LogP contribution in [0.2, 0.25) is 0 Å². The first kappa shape index (κ1) is 45.2. The normalized spacial score (nSPS) is 12.2. The molecule has 2 aromatic carbocycles. The zero-order valence-electron chi connectivity index (χ0n) is 31.4. The molecular formula is C41H63N3O7. The molecule has 0 bridgehead atoms. The number of aldehydes is 2. The molecule has 0 aromatic heterocycles. The molecule has 10 heteroatoms. The maximum Gasteiger partial charge on any atom is 0.305 e. The topological polar surface area (TPSA) is 160 Å². The van der Waals surface area contributed by atoms with Crippen LogP contribution < -0.4 is 26.3 Å². The third-order valence-corrected chi connectivity index (χ3v) is 8.62. The minimum absolute atomic E-state index is 0.242. The molecule has 5 N–H and O–H groups in total. The summed E-state index contributed by atoms with van der Waals surface area (Å²) >= 11 is 0. The average Bonchev–Trinajstić information content (AvgIpc) is 3.16. The van der Waals surface area contributed by atoms with Crippen LogP contribution in [0.25, 0.3) is 0 Å². The number of unbranched alkanes of at least 4 members (excludes halogenated alkanes) is 5. The van der Waals surface area contributed by atoms with E-state index in [0.717, 1.165) is 107 Å². The molecule has 0 aliphatic heterocycles. The van der Waals surface area contributed by atoms with Gasteiger partial charge in [-0.3, -0.25) is 9.59 Å². The molecule has 2 aromatic rings. The number of hydrogen-bond donors (Lipinski definition) is 3. The van der Waals surface area contributed by atoms with Crippen molar-refractivity contribution in [3.63, 3.8) is 0 Å². The Kier molecular flexibility index (Phi) is 25.5. The maximum atomic E-state index is 12.3. The summed E-state index contributed by atoms with van der Waals surface area (Å²) in [6, 6.07) is 9.60. The summed E-state index contributed by atoms with van der Waals surface area (Å²) in [5.41, 5.74) is 15.5. The second-order valence-corrected chi connectivity index (χ2v) is 12.4. The molecule has 1 aliphatic rings. The highest BCUT2D eigenvalue weighted by Crippen LogP contribution is 2.31. The van der Waals surface area contributed by atoms with E-state index in [9.17, 15) is 19.2 Å². The Morgan fingerprint density at radius 1 is 0.922 bits per heavy atom. The van der Waals surface area contributed by atoms with Crippen LogP contribution >= 0.6 is 0 Å². The third kappa shape index (κ3) is 17.8. The Morgan fingerprint density at radius 3 is 2.27 bits per heavy atom. The fourth-order valence-corrected chi connectivity index (χ4v) is 5.92. The molecule has 0 fully saturated rings. The number of carbonyl (C=O) groups is 4. The molecule has 0 amide bonds. The number of Topliss-reactive ketones (excluding diaryl/α,β-unsaturated/α-hetero) is 1. The molecule has 10 nitrogen and oxygen atoms in total. The van der Waals surface area contributed by atoms with Gasteiger partial charge < -0.3 is 40.6 Å². The van der Waals surface area contributed by atoms with Gasteiger partial charge in [0.15, 0.2) is 5.78 Å². The molecule has 0 saturated carbocycles. The SMILES string of the molecule is C=CCc1c(CCCCCCOc2cccc(OCCCC=O)c2CCC(=O)OC)ccc2c1CCCC2=O.CN.CNCCCCC(N)C=O. The van der Waals surface area contributed by atoms with Gasteiger partial charge in [0.25, 0.3) is 0 Å². The van der Waals surface area contributed by atoms with E-state index in [4.69, 9.17) is 19.9 Å². The number of rotatable bonds is 24. The molecule has 1 unspecified atom stereocenters. The largest absolute Gasteiger partial charge is 0.493 e. The van der Waals surface area contributed by atoms with E-state index in [0.29, 0.717) is 44.6 Å². The van der Waals surface area contributed by atoms with Crippen LogP contribution in [0.15, 0.2) is 43.0 Å². The maximum absolute atomic E-state index is 12.3. The first-order chi connectivity index (χ1) is 24.9. The number of carbonyl (C=O) groups excluding carboxylic acids is 4. The molecule has 0 saturated heterocycles. The number of esters is 1. The molecule has 284 valence electrons. The quantitative estimate of drug-likeness (QED) is 0.0506. The number of benzene rings is 2. The molecule has 0 spiro atoms. The lowest BCUT2D eigenvalue weighted by atomic mass is 9.83. The molecule has 0 heterocycles. The molecule has 0 radical (unpaired) electrons. The highest BCUT2D eigenvalue weighted by molar-refractivity contribution is 5.99. The van der Waals surface area contributed by atoms with Crippen molar-refractivity contribution in [1.82, 2.24) is 5.32 Å². The van der Waals surface area contributed by atoms with Crippen molar-refractivity contribution < 1.29 is 33.4 Å². The highest BCUT2D eigenvalue weighted by atomic mass is 16.5. The average molecular weight is 710 g/mol. The van der Waals surface area contributed by atoms with Crippen molar-refractivity contribution >= 4 is 24.3 Å². The minimum atomic E-state index is -0.279. The first-order valence-corrected chi connectivity index (χ1v) is 18.5. The van der Waals surface area contributed by atoms with Gasteiger partial charge in [-0.15, -0.1) is 6.58 Å². The summed E-state index contributed by atoms with van der Waals surface area (Å²) in [6.45, 7) is 5.96. The van der Waals surface area contributed by atoms with Gasteiger partial charge in [-0.2, -0.15) is 0 Å². The van der Waals surface area contributed by atoms with E-state index in [2.05, 4.69) is 23.7 Å². The number of nitrogens with one attached hydrogen (secondary N) is 1. The summed E-state index contributed by atoms with van der Waals surface area (Å²) in [4.78, 5) is 44.7. The zero-order valence-corrected chi connectivity index (χ0v) is 31.4. The Hall–Kier alpha value is -3.86. The van der Waals surface area contributed by atoms with Crippen LogP contribution in [0, 0.1) is 0 Å². The molecule has 1 atom stereocenters. The van der Waals surface area contributed by atoms with Crippen molar-refractivity contribution in [2.45, 2.75) is 109 Å². The molecule has 51 heavy (non-hydrogen) atoms. The van der Waals surface area contributed by atoms with Gasteiger partial charge in [0.05, 0.1) is 26.4 Å². The second kappa shape index (κ2) is 28.8. The number of ketones is 1. The molecule has 1 aliphatic carbocycles. The number of hydrogen-bond acceptors (Lipinski definition) is 10. The second-order valence-electron chi connectivity index (χ2n) is 12.4. The number of ether oxygens (including phenoxy) is 3. The van der Waals surface area contributed by atoms with Crippen molar-refractivity contribution in [2.75, 3.05) is 41.0 Å². The summed E-state index contributed by atoms with van der Waals surface area (Å²) in [6.07, 6.45) is 17.0. The first-order valence-electron chi connectivity index (χ1n) is 18.5. The predicted molar refractivity (Wildman–Crippen MR) is 205 cm³/mol. The highest BCUT2D eigenvalue weighted by Gasteiger charge is 2.21. The lowest BCUT2D eigenvalue weighted by Gasteiger charge is -2.21. The fourth-order valence-electron chi connectivity index (χ4n) is 5.92. The third-order valence-electron chi connectivity index (χ3n) is 8.62. The summed E-state index contributed by atoms with van der Waals surface area (Å²) in [7, 11) is 4.80. The molecular weight excluding hydrogens is 646 g/mol. The summed E-state index contributed by atoms with van der Waals surface area (Å²) < 4.78 is 16.8. The van der Waals surface area contributed by atoms with Crippen LogP contribution in [-0.4, -0.2) is 71.3 Å². The van der Waals surface area contributed by atoms with Crippen molar-refractivity contribution in [3.05, 3.63) is 70.8 Å². The van der Waals surface area contributed by atoms with E-state index in [1.165, 1.54) is 30.8 Å². The van der Waals surface area contributed by atoms with Gasteiger partial charge in [-0.25, -0.2) is 0 Å². The fraction of sp³-hybridized carbons (Fsp3) is 0.561. The smallest absolute Gasteiger partial charge is 0.305 e. The Labute approximate surface area is 306 Å². The number of methoxy groups -OCH3 is 1. The van der Waals surface area contributed by atoms with Crippen molar-refractivity contribution in [2.24, 2.45) is 11.5 Å². The van der Waals surface area contributed by atoms with E-state index in [-0.39, 0.29) is 24.2 Å². The predicted octanol–water partition coefficient (Wildman–Crippen LogP) is 6.06. The zero-order chi connectivity index (χ0) is 37.7. The van der Waals surface area contributed by atoms with Gasteiger partial charge in [0.2, 0.25) is 0 Å². The van der Waals surface area contributed by atoms with Gasteiger partial charge in [-0.1, -0.05) is 43.5 Å². The summed E-state index contributed by atoms with van der Waals surface area (Å²) in [5.74, 6) is 1.41. The summed E-state index contributed by atoms with van der Waals surface area (Å²) in [5, 5.41) is 3.03. The minimum Gasteiger partial charge on any atom is -0.493 e. The Morgan fingerprint density at radius 2 is 1.63 bits per heavy atom. The molecule has 3 rings (SSSR count). The van der Waals surface area contributed by atoms with Gasteiger partial charge in [0.1, 0.15) is 24.1 Å². The number of nitrogens with two attached hydrogens (primary N) is 2. The van der Waals surface area contributed by atoms with Crippen LogP contribution in [-0.2, 0) is 44.8 Å². The standard InChI is InChI=1S/C33H42O6.C7H16N2O.CH5N/c1-3-12-26-25(18-19-28-27(26)14-10-15-30(28)35)13-6-4-5-8-23-38-31-16-11-17-32(39-24-9-7-22-34)29(31)20-21-33(36)37-2;1-9-5-3-2-4-7(8)6-10;1-2/h3,11,16-19,22H,1,4-10,12-15,20-21,23-24H2,2H3;6-7,9H,2-5,8H2,1H3;2H2,1H3. The van der Waals surface area contributed by atoms with E-state index in [1.54, 1.807) is 0 Å². The monoisotopic (exact) mass is 709 g/mol. The lowest BCUT2D eigenvalue weighted by molar-refractivity contribution is -0.140. The van der Waals surface area contributed by atoms with Crippen LogP contribution in [0.4, 0.5) is 0 Å². The Bertz CT molecular complexity index is 1310. The van der Waals surface area contributed by atoms with Crippen molar-refractivity contribution in [3.8, 4) is 11.5 Å². The van der Waals surface area contributed by atoms with E-state index in [1.807, 2.05) is 37.4 Å². The van der Waals surface area contributed by atoms with Crippen molar-refractivity contribution in [1.29, 1.82) is 0 Å². The van der Waals surface area contributed by atoms with Crippen LogP contribution in [0.5, 0.6) is 11.5 Å². The van der Waals surface area contributed by atoms with Crippen LogP contribution in [0.3, 0.4) is 0 Å². The van der Waals surface area contributed by atoms with Gasteiger partial charge in [0, 0.05) is 30.4 Å². The van der Waals surface area contributed by atoms with E-state index < -0.39 is 0 Å². The lowest BCUT2D eigenvalue weighted by Crippen LogP contribution is -2.21.